The SMILES string of the molecule is O=C(O)[C@H]1CNCCN1c1ccccn1. The van der Waals surface area contributed by atoms with Crippen LogP contribution in [-0.4, -0.2) is 41.7 Å². The molecule has 1 saturated heterocycles. The molecule has 0 unspecified atom stereocenters. The highest BCUT2D eigenvalue weighted by atomic mass is 16.4. The first-order valence-electron chi connectivity index (χ1n) is 4.90. The summed E-state index contributed by atoms with van der Waals surface area (Å²) in [6.07, 6.45) is 1.68. The third kappa shape index (κ3) is 2.07. The number of carboxylic acid groups (broad SMARTS) is 1. The van der Waals surface area contributed by atoms with Crippen molar-refractivity contribution in [2.24, 2.45) is 0 Å². The molecule has 0 spiro atoms. The number of pyridine rings is 1. The van der Waals surface area contributed by atoms with Crippen LogP contribution in [0.5, 0.6) is 0 Å². The number of carbonyl (C=O) groups is 1. The van der Waals surface area contributed by atoms with Crippen LogP contribution in [0.25, 0.3) is 0 Å². The molecule has 0 saturated carbocycles. The van der Waals surface area contributed by atoms with E-state index >= 15 is 0 Å². The van der Waals surface area contributed by atoms with E-state index in [0.29, 0.717) is 13.1 Å². The molecular weight excluding hydrogens is 194 g/mol. The molecule has 0 radical (unpaired) electrons. The molecule has 0 bridgehead atoms. The number of carboxylic acids is 1. The van der Waals surface area contributed by atoms with Gasteiger partial charge in [0, 0.05) is 25.8 Å². The summed E-state index contributed by atoms with van der Waals surface area (Å²) in [5.74, 6) is -0.0840. The van der Waals surface area contributed by atoms with Crippen LogP contribution >= 0.6 is 0 Å². The summed E-state index contributed by atoms with van der Waals surface area (Å²) in [4.78, 5) is 17.0. The fourth-order valence-corrected chi connectivity index (χ4v) is 1.72. The normalized spacial score (nSPS) is 21.3. The van der Waals surface area contributed by atoms with Crippen LogP contribution in [0.15, 0.2) is 24.4 Å². The Morgan fingerprint density at radius 1 is 1.60 bits per heavy atom. The van der Waals surface area contributed by atoms with Crippen molar-refractivity contribution in [3.63, 3.8) is 0 Å². The van der Waals surface area contributed by atoms with Crippen molar-refractivity contribution < 1.29 is 9.90 Å². The Hall–Kier alpha value is -1.62. The van der Waals surface area contributed by atoms with Gasteiger partial charge in [0.1, 0.15) is 11.9 Å². The molecular formula is C10H13N3O2. The van der Waals surface area contributed by atoms with Crippen LogP contribution < -0.4 is 10.2 Å². The van der Waals surface area contributed by atoms with E-state index in [-0.39, 0.29) is 0 Å². The summed E-state index contributed by atoms with van der Waals surface area (Å²) in [6.45, 7) is 1.93. The number of aliphatic carboxylic acids is 1. The van der Waals surface area contributed by atoms with E-state index in [1.807, 2.05) is 23.1 Å². The number of piperazine rings is 1. The number of aromatic nitrogens is 1. The highest BCUT2D eigenvalue weighted by molar-refractivity contribution is 5.78. The Morgan fingerprint density at radius 2 is 2.47 bits per heavy atom. The predicted octanol–water partition coefficient (Wildman–Crippen LogP) is -0.0556. The van der Waals surface area contributed by atoms with Gasteiger partial charge in [-0.1, -0.05) is 6.07 Å². The molecule has 1 fully saturated rings. The van der Waals surface area contributed by atoms with Gasteiger partial charge in [0.2, 0.25) is 0 Å². The monoisotopic (exact) mass is 207 g/mol. The molecule has 1 atom stereocenters. The third-order valence-electron chi connectivity index (χ3n) is 2.47. The van der Waals surface area contributed by atoms with Gasteiger partial charge < -0.3 is 15.3 Å². The standard InChI is InChI=1S/C10H13N3O2/c14-10(15)8-7-11-5-6-13(8)9-3-1-2-4-12-9/h1-4,8,11H,5-7H2,(H,14,15)/t8-/m1/s1. The minimum absolute atomic E-state index is 0.464. The lowest BCUT2D eigenvalue weighted by atomic mass is 10.2. The second-order valence-corrected chi connectivity index (χ2v) is 3.44. The van der Waals surface area contributed by atoms with Crippen LogP contribution in [0.1, 0.15) is 0 Å². The first kappa shape index (κ1) is 9.92. The maximum absolute atomic E-state index is 11.0. The Morgan fingerprint density at radius 3 is 3.13 bits per heavy atom. The van der Waals surface area contributed by atoms with Crippen molar-refractivity contribution in [2.75, 3.05) is 24.5 Å². The van der Waals surface area contributed by atoms with E-state index in [9.17, 15) is 4.79 Å². The molecule has 1 aliphatic rings. The molecule has 2 rings (SSSR count). The average molecular weight is 207 g/mol. The number of anilines is 1. The minimum atomic E-state index is -0.812. The molecule has 1 aromatic rings. The lowest BCUT2D eigenvalue weighted by Gasteiger charge is -2.34. The van der Waals surface area contributed by atoms with E-state index in [2.05, 4.69) is 10.3 Å². The van der Waals surface area contributed by atoms with Crippen molar-refractivity contribution in [2.45, 2.75) is 6.04 Å². The third-order valence-corrected chi connectivity index (χ3v) is 2.47. The summed E-state index contributed by atoms with van der Waals surface area (Å²) in [5, 5.41) is 12.1. The first-order valence-corrected chi connectivity index (χ1v) is 4.90. The molecule has 5 nitrogen and oxygen atoms in total. The van der Waals surface area contributed by atoms with Gasteiger partial charge in [0.05, 0.1) is 0 Å². The van der Waals surface area contributed by atoms with Gasteiger partial charge in [0.25, 0.3) is 0 Å². The highest BCUT2D eigenvalue weighted by Gasteiger charge is 2.28. The van der Waals surface area contributed by atoms with Gasteiger partial charge >= 0.3 is 5.97 Å². The average Bonchev–Trinajstić information content (AvgIpc) is 2.30. The van der Waals surface area contributed by atoms with Crippen molar-refractivity contribution in [1.82, 2.24) is 10.3 Å². The molecule has 0 amide bonds. The Bertz CT molecular complexity index is 342. The maximum Gasteiger partial charge on any atom is 0.327 e. The van der Waals surface area contributed by atoms with Gasteiger partial charge in [-0.3, -0.25) is 0 Å². The molecule has 1 aromatic heterocycles. The number of hydrogen-bond acceptors (Lipinski definition) is 4. The zero-order chi connectivity index (χ0) is 10.7. The van der Waals surface area contributed by atoms with Crippen molar-refractivity contribution in [3.8, 4) is 0 Å². The van der Waals surface area contributed by atoms with Crippen molar-refractivity contribution >= 4 is 11.8 Å². The summed E-state index contributed by atoms with van der Waals surface area (Å²) in [7, 11) is 0. The lowest BCUT2D eigenvalue weighted by Crippen LogP contribution is -2.55. The van der Waals surface area contributed by atoms with Crippen LogP contribution in [0, 0.1) is 0 Å². The smallest absolute Gasteiger partial charge is 0.327 e. The predicted molar refractivity (Wildman–Crippen MR) is 55.9 cm³/mol. The fourth-order valence-electron chi connectivity index (χ4n) is 1.72. The molecule has 15 heavy (non-hydrogen) atoms. The zero-order valence-electron chi connectivity index (χ0n) is 8.26. The molecule has 80 valence electrons. The van der Waals surface area contributed by atoms with E-state index in [1.54, 1.807) is 6.20 Å². The number of rotatable bonds is 2. The van der Waals surface area contributed by atoms with Crippen LogP contribution in [-0.2, 0) is 4.79 Å². The lowest BCUT2D eigenvalue weighted by molar-refractivity contribution is -0.138. The molecule has 1 aliphatic heterocycles. The topological polar surface area (TPSA) is 65.5 Å². The van der Waals surface area contributed by atoms with E-state index < -0.39 is 12.0 Å². The van der Waals surface area contributed by atoms with Crippen LogP contribution in [0.2, 0.25) is 0 Å². The number of nitrogens with one attached hydrogen (secondary N) is 1. The zero-order valence-corrected chi connectivity index (χ0v) is 8.26. The molecule has 0 aromatic carbocycles. The van der Waals surface area contributed by atoms with Crippen molar-refractivity contribution in [1.29, 1.82) is 0 Å². The number of nitrogens with zero attached hydrogens (tertiary/aromatic N) is 2. The van der Waals surface area contributed by atoms with E-state index in [1.165, 1.54) is 0 Å². The van der Waals surface area contributed by atoms with Gasteiger partial charge in [-0.25, -0.2) is 9.78 Å². The molecule has 2 N–H and O–H groups in total. The second-order valence-electron chi connectivity index (χ2n) is 3.44. The fraction of sp³-hybridized carbons (Fsp3) is 0.400. The maximum atomic E-state index is 11.0. The largest absolute Gasteiger partial charge is 0.480 e. The summed E-state index contributed by atoms with van der Waals surface area (Å²) < 4.78 is 0. The van der Waals surface area contributed by atoms with E-state index in [4.69, 9.17) is 5.11 Å². The quantitative estimate of drug-likeness (QED) is 0.711. The number of hydrogen-bond donors (Lipinski definition) is 2. The summed E-state index contributed by atoms with van der Waals surface area (Å²) in [6, 6.07) is 5.00. The van der Waals surface area contributed by atoms with Crippen LogP contribution in [0.3, 0.4) is 0 Å². The van der Waals surface area contributed by atoms with Gasteiger partial charge in [-0.05, 0) is 12.1 Å². The Balaban J connectivity index is 2.22. The molecule has 0 aliphatic carbocycles. The second kappa shape index (κ2) is 4.27. The van der Waals surface area contributed by atoms with Gasteiger partial charge in [0.15, 0.2) is 0 Å². The summed E-state index contributed by atoms with van der Waals surface area (Å²) >= 11 is 0. The van der Waals surface area contributed by atoms with Gasteiger partial charge in [-0.15, -0.1) is 0 Å². The minimum Gasteiger partial charge on any atom is -0.480 e. The Kier molecular flexibility index (Phi) is 2.82. The molecule has 5 heteroatoms. The van der Waals surface area contributed by atoms with E-state index in [0.717, 1.165) is 12.4 Å². The Labute approximate surface area is 87.7 Å². The molecule has 2 heterocycles. The van der Waals surface area contributed by atoms with Gasteiger partial charge in [-0.2, -0.15) is 0 Å². The first-order chi connectivity index (χ1) is 7.29. The van der Waals surface area contributed by atoms with Crippen LogP contribution in [0.4, 0.5) is 5.82 Å². The summed E-state index contributed by atoms with van der Waals surface area (Å²) in [5.41, 5.74) is 0. The highest BCUT2D eigenvalue weighted by Crippen LogP contribution is 2.14. The van der Waals surface area contributed by atoms with Crippen molar-refractivity contribution in [3.05, 3.63) is 24.4 Å².